The first-order valence-corrected chi connectivity index (χ1v) is 6.04. The molecule has 0 aliphatic carbocycles. The van der Waals surface area contributed by atoms with E-state index >= 15 is 0 Å². The fourth-order valence-corrected chi connectivity index (χ4v) is 1.30. The minimum Gasteiger partial charge on any atom is -0.354 e. The molecule has 1 rings (SSSR count). The molecule has 0 bridgehead atoms. The van der Waals surface area contributed by atoms with Crippen LogP contribution in [0.25, 0.3) is 0 Å². The van der Waals surface area contributed by atoms with Crippen molar-refractivity contribution in [2.75, 3.05) is 11.9 Å². The van der Waals surface area contributed by atoms with Crippen molar-refractivity contribution in [1.29, 1.82) is 0 Å². The van der Waals surface area contributed by atoms with Gasteiger partial charge in [0.1, 0.15) is 0 Å². The number of nitrogens with zero attached hydrogens (tertiary/aromatic N) is 2. The van der Waals surface area contributed by atoms with Gasteiger partial charge in [0.15, 0.2) is 0 Å². The molecule has 0 aliphatic rings. The smallest absolute Gasteiger partial charge is 0.222 e. The van der Waals surface area contributed by atoms with Gasteiger partial charge in [-0.25, -0.2) is 9.97 Å². The zero-order chi connectivity index (χ0) is 13.1. The maximum absolute atomic E-state index is 5.90. The molecule has 0 atom stereocenters. The number of aromatic nitrogens is 2. The number of hydrogen-bond acceptors (Lipinski definition) is 4. The van der Waals surface area contributed by atoms with Gasteiger partial charge in [-0.3, -0.25) is 0 Å². The van der Waals surface area contributed by atoms with Crippen molar-refractivity contribution >= 4 is 5.95 Å². The van der Waals surface area contributed by atoms with E-state index in [4.69, 9.17) is 5.73 Å². The van der Waals surface area contributed by atoms with Gasteiger partial charge in [0.25, 0.3) is 0 Å². The minimum absolute atomic E-state index is 0.0950. The van der Waals surface area contributed by atoms with Gasteiger partial charge in [-0.2, -0.15) is 0 Å². The fraction of sp³-hybridized carbons (Fsp3) is 0.692. The third-order valence-corrected chi connectivity index (χ3v) is 2.57. The second-order valence-electron chi connectivity index (χ2n) is 6.21. The lowest BCUT2D eigenvalue weighted by atomic mass is 9.89. The molecule has 0 fully saturated rings. The quantitative estimate of drug-likeness (QED) is 0.842. The number of hydrogen-bond donors (Lipinski definition) is 2. The van der Waals surface area contributed by atoms with Crippen LogP contribution in [0.1, 0.15) is 46.6 Å². The van der Waals surface area contributed by atoms with Crippen LogP contribution in [0.2, 0.25) is 0 Å². The van der Waals surface area contributed by atoms with E-state index in [1.807, 2.05) is 26.2 Å². The molecule has 0 radical (unpaired) electrons. The Bertz CT molecular complexity index is 343. The summed E-state index contributed by atoms with van der Waals surface area (Å²) in [6.07, 6.45) is 4.64. The number of nitrogens with two attached hydrogens (primary N) is 1. The zero-order valence-electron chi connectivity index (χ0n) is 11.5. The molecular weight excluding hydrogens is 212 g/mol. The van der Waals surface area contributed by atoms with Crippen molar-refractivity contribution in [3.05, 3.63) is 18.0 Å². The fourth-order valence-electron chi connectivity index (χ4n) is 1.30. The van der Waals surface area contributed by atoms with Crippen LogP contribution in [0.4, 0.5) is 5.95 Å². The van der Waals surface area contributed by atoms with Crippen molar-refractivity contribution in [1.82, 2.24) is 9.97 Å². The number of nitrogens with one attached hydrogen (secondary N) is 1. The molecule has 1 heterocycles. The van der Waals surface area contributed by atoms with E-state index in [0.717, 1.165) is 18.5 Å². The lowest BCUT2D eigenvalue weighted by molar-refractivity contribution is 0.490. The van der Waals surface area contributed by atoms with E-state index < -0.39 is 0 Å². The van der Waals surface area contributed by atoms with Crippen LogP contribution < -0.4 is 11.1 Å². The van der Waals surface area contributed by atoms with Crippen LogP contribution >= 0.6 is 0 Å². The van der Waals surface area contributed by atoms with Crippen LogP contribution in [0.3, 0.4) is 0 Å². The Morgan fingerprint density at radius 3 is 2.06 bits per heavy atom. The van der Waals surface area contributed by atoms with Crippen molar-refractivity contribution in [2.45, 2.75) is 52.0 Å². The SMILES string of the molecule is CC(C)(N)CCNc1ncc(C(C)(C)C)cn1. The van der Waals surface area contributed by atoms with E-state index in [2.05, 4.69) is 36.1 Å². The Morgan fingerprint density at radius 2 is 1.65 bits per heavy atom. The molecule has 4 heteroatoms. The summed E-state index contributed by atoms with van der Waals surface area (Å²) in [5.41, 5.74) is 6.98. The summed E-state index contributed by atoms with van der Waals surface area (Å²) in [5, 5.41) is 3.18. The van der Waals surface area contributed by atoms with Crippen LogP contribution in [0.5, 0.6) is 0 Å². The molecule has 17 heavy (non-hydrogen) atoms. The standard InChI is InChI=1S/C13H24N4/c1-12(2,3)10-8-16-11(17-9-10)15-7-6-13(4,5)14/h8-9H,6-7,14H2,1-5H3,(H,15,16,17). The Kier molecular flexibility index (Phi) is 4.09. The van der Waals surface area contributed by atoms with Gasteiger partial charge >= 0.3 is 0 Å². The lowest BCUT2D eigenvalue weighted by Gasteiger charge is -2.19. The van der Waals surface area contributed by atoms with Gasteiger partial charge in [0, 0.05) is 24.5 Å². The molecule has 0 spiro atoms. The molecule has 0 unspecified atom stereocenters. The van der Waals surface area contributed by atoms with E-state index in [9.17, 15) is 0 Å². The summed E-state index contributed by atoms with van der Waals surface area (Å²) in [5.74, 6) is 0.669. The van der Waals surface area contributed by atoms with Gasteiger partial charge < -0.3 is 11.1 Å². The topological polar surface area (TPSA) is 63.8 Å². The molecule has 0 amide bonds. The predicted octanol–water partition coefficient (Wildman–Crippen LogP) is 2.31. The summed E-state index contributed by atoms with van der Waals surface area (Å²) in [4.78, 5) is 8.60. The van der Waals surface area contributed by atoms with Crippen molar-refractivity contribution < 1.29 is 0 Å². The molecular formula is C13H24N4. The highest BCUT2D eigenvalue weighted by Crippen LogP contribution is 2.20. The van der Waals surface area contributed by atoms with Crippen molar-refractivity contribution in [2.24, 2.45) is 5.73 Å². The Balaban J connectivity index is 2.52. The second-order valence-corrected chi connectivity index (χ2v) is 6.21. The average Bonchev–Trinajstić information content (AvgIpc) is 2.15. The molecule has 1 aromatic heterocycles. The molecule has 1 aromatic rings. The zero-order valence-corrected chi connectivity index (χ0v) is 11.5. The maximum Gasteiger partial charge on any atom is 0.222 e. The molecule has 0 aliphatic heterocycles. The highest BCUT2D eigenvalue weighted by atomic mass is 15.1. The summed E-state index contributed by atoms with van der Waals surface area (Å²) < 4.78 is 0. The van der Waals surface area contributed by atoms with Gasteiger partial charge in [-0.05, 0) is 31.2 Å². The van der Waals surface area contributed by atoms with Crippen molar-refractivity contribution in [3.8, 4) is 0 Å². The first-order chi connectivity index (χ1) is 7.68. The normalized spacial score (nSPS) is 12.6. The van der Waals surface area contributed by atoms with Crippen LogP contribution in [0, 0.1) is 0 Å². The maximum atomic E-state index is 5.90. The lowest BCUT2D eigenvalue weighted by Crippen LogP contribution is -2.34. The Morgan fingerprint density at radius 1 is 1.12 bits per heavy atom. The third-order valence-electron chi connectivity index (χ3n) is 2.57. The van der Waals surface area contributed by atoms with E-state index in [0.29, 0.717) is 5.95 Å². The highest BCUT2D eigenvalue weighted by molar-refractivity contribution is 5.27. The Labute approximate surface area is 104 Å². The molecule has 96 valence electrons. The average molecular weight is 236 g/mol. The minimum atomic E-state index is -0.154. The highest BCUT2D eigenvalue weighted by Gasteiger charge is 2.14. The van der Waals surface area contributed by atoms with E-state index in [-0.39, 0.29) is 11.0 Å². The summed E-state index contributed by atoms with van der Waals surface area (Å²) in [6, 6.07) is 0. The molecule has 3 N–H and O–H groups in total. The first-order valence-electron chi connectivity index (χ1n) is 6.04. The summed E-state index contributed by atoms with van der Waals surface area (Å²) in [7, 11) is 0. The summed E-state index contributed by atoms with van der Waals surface area (Å²) in [6.45, 7) is 11.3. The predicted molar refractivity (Wildman–Crippen MR) is 72.1 cm³/mol. The van der Waals surface area contributed by atoms with Crippen molar-refractivity contribution in [3.63, 3.8) is 0 Å². The molecule has 0 saturated carbocycles. The van der Waals surface area contributed by atoms with E-state index in [1.54, 1.807) is 0 Å². The van der Waals surface area contributed by atoms with Gasteiger partial charge in [-0.15, -0.1) is 0 Å². The van der Waals surface area contributed by atoms with Crippen LogP contribution in [0.15, 0.2) is 12.4 Å². The molecule has 0 aromatic carbocycles. The largest absolute Gasteiger partial charge is 0.354 e. The summed E-state index contributed by atoms with van der Waals surface area (Å²) >= 11 is 0. The van der Waals surface area contributed by atoms with Gasteiger partial charge in [0.05, 0.1) is 0 Å². The number of anilines is 1. The Hall–Kier alpha value is -1.16. The monoisotopic (exact) mass is 236 g/mol. The molecule has 4 nitrogen and oxygen atoms in total. The van der Waals surface area contributed by atoms with E-state index in [1.165, 1.54) is 0 Å². The number of rotatable bonds is 4. The van der Waals surface area contributed by atoms with Crippen LogP contribution in [-0.4, -0.2) is 22.1 Å². The molecule has 0 saturated heterocycles. The van der Waals surface area contributed by atoms with Gasteiger partial charge in [-0.1, -0.05) is 20.8 Å². The first kappa shape index (κ1) is 13.9. The van der Waals surface area contributed by atoms with Gasteiger partial charge in [0.2, 0.25) is 5.95 Å². The third kappa shape index (κ3) is 5.13. The second kappa shape index (κ2) is 5.00. The van der Waals surface area contributed by atoms with Crippen LogP contribution in [-0.2, 0) is 5.41 Å².